The summed E-state index contributed by atoms with van der Waals surface area (Å²) < 4.78 is 0. The molecule has 0 N–H and O–H groups in total. The van der Waals surface area contributed by atoms with Gasteiger partial charge in [-0.3, -0.25) is 4.79 Å². The Morgan fingerprint density at radius 3 is 2.43 bits per heavy atom. The normalized spacial score (nSPS) is 21.7. The summed E-state index contributed by atoms with van der Waals surface area (Å²) >= 11 is 0. The average Bonchev–Trinajstić information content (AvgIpc) is 2.47. The molecule has 1 aliphatic heterocycles. The minimum absolute atomic E-state index is 0.0986. The van der Waals surface area contributed by atoms with Gasteiger partial charge in [0.15, 0.2) is 0 Å². The largest absolute Gasteiger partial charge is 0.308 e. The van der Waals surface area contributed by atoms with Crippen molar-refractivity contribution in [3.8, 4) is 0 Å². The lowest BCUT2D eigenvalue weighted by Crippen LogP contribution is -2.24. The van der Waals surface area contributed by atoms with Crippen molar-refractivity contribution < 1.29 is 4.79 Å². The van der Waals surface area contributed by atoms with Gasteiger partial charge in [0.25, 0.3) is 0 Å². The van der Waals surface area contributed by atoms with Crippen LogP contribution in [0.25, 0.3) is 0 Å². The molecule has 1 aromatic carbocycles. The standard InChI is InChI=1S/C11H14NOP/c1-9-3-5-10(6-4-9)12-8-14(2)7-11(12)13/h3-6H,7-8H2,1-2H3. The molecule has 0 spiro atoms. The summed E-state index contributed by atoms with van der Waals surface area (Å²) in [5.74, 6) is 0.280. The predicted molar refractivity (Wildman–Crippen MR) is 61.2 cm³/mol. The van der Waals surface area contributed by atoms with Gasteiger partial charge in [-0.15, -0.1) is 0 Å². The van der Waals surface area contributed by atoms with Gasteiger partial charge in [-0.1, -0.05) is 25.6 Å². The van der Waals surface area contributed by atoms with Crippen LogP contribution in [-0.4, -0.2) is 25.0 Å². The first-order valence-corrected chi connectivity index (χ1v) is 6.88. The van der Waals surface area contributed by atoms with Gasteiger partial charge in [-0.25, -0.2) is 0 Å². The Kier molecular flexibility index (Phi) is 2.56. The maximum Gasteiger partial charge on any atom is 0.231 e. The van der Waals surface area contributed by atoms with Gasteiger partial charge in [0.1, 0.15) is 0 Å². The smallest absolute Gasteiger partial charge is 0.231 e. The summed E-state index contributed by atoms with van der Waals surface area (Å²) in [5.41, 5.74) is 2.28. The Balaban J connectivity index is 2.23. The predicted octanol–water partition coefficient (Wildman–Crippen LogP) is 2.41. The third-order valence-corrected chi connectivity index (χ3v) is 4.01. The summed E-state index contributed by atoms with van der Waals surface area (Å²) in [6.07, 6.45) is 1.68. The number of nitrogens with zero attached hydrogens (tertiary/aromatic N) is 1. The Morgan fingerprint density at radius 1 is 1.29 bits per heavy atom. The van der Waals surface area contributed by atoms with Gasteiger partial charge in [-0.2, -0.15) is 0 Å². The van der Waals surface area contributed by atoms with Gasteiger partial charge in [-0.05, 0) is 25.7 Å². The first-order valence-electron chi connectivity index (χ1n) is 4.72. The molecule has 0 bridgehead atoms. The van der Waals surface area contributed by atoms with Gasteiger partial charge in [0.2, 0.25) is 5.91 Å². The fraction of sp³-hybridized carbons (Fsp3) is 0.364. The fourth-order valence-corrected chi connectivity index (χ4v) is 3.17. The van der Waals surface area contributed by atoms with Gasteiger partial charge >= 0.3 is 0 Å². The van der Waals surface area contributed by atoms with Crippen LogP contribution < -0.4 is 4.90 Å². The van der Waals surface area contributed by atoms with Gasteiger partial charge < -0.3 is 4.90 Å². The summed E-state index contributed by atoms with van der Waals surface area (Å²) in [6.45, 7) is 4.24. The zero-order valence-electron chi connectivity index (χ0n) is 8.53. The molecule has 14 heavy (non-hydrogen) atoms. The van der Waals surface area contributed by atoms with Crippen molar-refractivity contribution in [3.63, 3.8) is 0 Å². The molecular formula is C11H14NOP. The second-order valence-electron chi connectivity index (χ2n) is 3.81. The monoisotopic (exact) mass is 207 g/mol. The summed E-state index contributed by atoms with van der Waals surface area (Å²) in [7, 11) is -0.0986. The SMILES string of the molecule is Cc1ccc(N2CP(C)CC2=O)cc1. The molecule has 0 aromatic heterocycles. The maximum absolute atomic E-state index is 11.6. The highest BCUT2D eigenvalue weighted by atomic mass is 31.1. The number of carbonyl (C=O) groups excluding carboxylic acids is 1. The van der Waals surface area contributed by atoms with Crippen LogP contribution in [0.1, 0.15) is 5.56 Å². The van der Waals surface area contributed by atoms with E-state index >= 15 is 0 Å². The van der Waals surface area contributed by atoms with Crippen LogP contribution in [0, 0.1) is 6.92 Å². The highest BCUT2D eigenvalue weighted by Crippen LogP contribution is 2.39. The lowest BCUT2D eigenvalue weighted by atomic mass is 10.2. The van der Waals surface area contributed by atoms with E-state index in [0.717, 1.165) is 18.1 Å². The number of carbonyl (C=O) groups is 1. The van der Waals surface area contributed by atoms with E-state index in [9.17, 15) is 4.79 Å². The summed E-state index contributed by atoms with van der Waals surface area (Å²) in [6, 6.07) is 8.17. The number of hydrogen-bond donors (Lipinski definition) is 0. The van der Waals surface area contributed by atoms with E-state index in [-0.39, 0.29) is 13.8 Å². The lowest BCUT2D eigenvalue weighted by Gasteiger charge is -2.15. The van der Waals surface area contributed by atoms with Gasteiger partial charge in [0.05, 0.1) is 0 Å². The molecule has 1 aliphatic rings. The molecule has 1 atom stereocenters. The molecule has 1 heterocycles. The first kappa shape index (κ1) is 9.67. The van der Waals surface area contributed by atoms with Crippen molar-refractivity contribution in [2.75, 3.05) is 24.0 Å². The van der Waals surface area contributed by atoms with E-state index in [2.05, 4.69) is 25.7 Å². The number of amides is 1. The van der Waals surface area contributed by atoms with E-state index < -0.39 is 0 Å². The summed E-state index contributed by atoms with van der Waals surface area (Å²) in [5, 5.41) is 0. The van der Waals surface area contributed by atoms with Crippen molar-refractivity contribution in [2.45, 2.75) is 6.92 Å². The molecule has 0 aliphatic carbocycles. The molecule has 1 fully saturated rings. The molecule has 0 radical (unpaired) electrons. The van der Waals surface area contributed by atoms with Crippen LogP contribution in [0.5, 0.6) is 0 Å². The number of rotatable bonds is 1. The van der Waals surface area contributed by atoms with Crippen molar-refractivity contribution in [1.82, 2.24) is 0 Å². The molecule has 0 saturated carbocycles. The zero-order valence-corrected chi connectivity index (χ0v) is 9.42. The minimum atomic E-state index is -0.0986. The van der Waals surface area contributed by atoms with Crippen molar-refractivity contribution in [1.29, 1.82) is 0 Å². The van der Waals surface area contributed by atoms with Gasteiger partial charge in [0, 0.05) is 18.1 Å². The van der Waals surface area contributed by atoms with E-state index in [1.807, 2.05) is 17.0 Å². The fourth-order valence-electron chi connectivity index (χ4n) is 1.64. The first-order chi connectivity index (χ1) is 6.66. The van der Waals surface area contributed by atoms with E-state index in [1.54, 1.807) is 0 Å². The Labute approximate surface area is 85.7 Å². The molecular weight excluding hydrogens is 193 g/mol. The molecule has 1 saturated heterocycles. The molecule has 2 nitrogen and oxygen atoms in total. The van der Waals surface area contributed by atoms with Crippen LogP contribution in [0.3, 0.4) is 0 Å². The molecule has 3 heteroatoms. The molecule has 74 valence electrons. The third-order valence-electron chi connectivity index (χ3n) is 2.43. The second kappa shape index (κ2) is 3.70. The number of benzene rings is 1. The Morgan fingerprint density at radius 2 is 1.93 bits per heavy atom. The lowest BCUT2D eigenvalue weighted by molar-refractivity contribution is -0.115. The van der Waals surface area contributed by atoms with E-state index in [0.29, 0.717) is 0 Å². The van der Waals surface area contributed by atoms with Crippen LogP contribution in [0.15, 0.2) is 24.3 Å². The van der Waals surface area contributed by atoms with E-state index in [4.69, 9.17) is 0 Å². The van der Waals surface area contributed by atoms with Crippen LogP contribution in [-0.2, 0) is 4.79 Å². The third kappa shape index (κ3) is 1.80. The topological polar surface area (TPSA) is 20.3 Å². The van der Waals surface area contributed by atoms with Crippen LogP contribution in [0.4, 0.5) is 5.69 Å². The maximum atomic E-state index is 11.6. The minimum Gasteiger partial charge on any atom is -0.308 e. The van der Waals surface area contributed by atoms with E-state index in [1.165, 1.54) is 5.56 Å². The van der Waals surface area contributed by atoms with Crippen LogP contribution >= 0.6 is 7.92 Å². The number of aryl methyl sites for hydroxylation is 1. The Bertz CT molecular complexity index is 347. The highest BCUT2D eigenvalue weighted by molar-refractivity contribution is 7.58. The molecule has 1 amide bonds. The quantitative estimate of drug-likeness (QED) is 0.647. The molecule has 2 rings (SSSR count). The average molecular weight is 207 g/mol. The summed E-state index contributed by atoms with van der Waals surface area (Å²) in [4.78, 5) is 13.5. The number of anilines is 1. The van der Waals surface area contributed by atoms with Crippen LogP contribution in [0.2, 0.25) is 0 Å². The highest BCUT2D eigenvalue weighted by Gasteiger charge is 2.26. The van der Waals surface area contributed by atoms with Crippen molar-refractivity contribution in [3.05, 3.63) is 29.8 Å². The van der Waals surface area contributed by atoms with Crippen molar-refractivity contribution in [2.24, 2.45) is 0 Å². The number of hydrogen-bond acceptors (Lipinski definition) is 1. The second-order valence-corrected chi connectivity index (χ2v) is 6.12. The molecule has 1 aromatic rings. The van der Waals surface area contributed by atoms with Crippen molar-refractivity contribution >= 4 is 19.5 Å². The Hall–Kier alpha value is -0.880. The molecule has 1 unspecified atom stereocenters. The zero-order chi connectivity index (χ0) is 10.1.